The molecule has 1 aromatic heterocycles. The van der Waals surface area contributed by atoms with Crippen LogP contribution in [0.3, 0.4) is 0 Å². The number of unbranched alkanes of at least 4 members (excludes halogenated alkanes) is 1. The summed E-state index contributed by atoms with van der Waals surface area (Å²) in [5.41, 5.74) is 3.61. The summed E-state index contributed by atoms with van der Waals surface area (Å²) in [5, 5.41) is 0. The fourth-order valence-corrected chi connectivity index (χ4v) is 1.97. The fraction of sp³-hybridized carbons (Fsp3) is 0.294. The van der Waals surface area contributed by atoms with Crippen LogP contribution in [-0.4, -0.2) is 9.97 Å². The minimum atomic E-state index is 0.801. The van der Waals surface area contributed by atoms with Crippen LogP contribution in [0, 0.1) is 0 Å². The van der Waals surface area contributed by atoms with Gasteiger partial charge in [0.25, 0.3) is 0 Å². The topological polar surface area (TPSA) is 25.8 Å². The van der Waals surface area contributed by atoms with Crippen molar-refractivity contribution in [2.75, 3.05) is 0 Å². The van der Waals surface area contributed by atoms with Gasteiger partial charge in [-0.2, -0.15) is 0 Å². The van der Waals surface area contributed by atoms with Crippen LogP contribution in [0.5, 0.6) is 0 Å². The highest BCUT2D eigenvalue weighted by Gasteiger charge is 2.01. The van der Waals surface area contributed by atoms with Gasteiger partial charge in [-0.05, 0) is 36.8 Å². The Morgan fingerprint density at radius 2 is 1.74 bits per heavy atom. The molecule has 1 heterocycles. The first-order valence-electron chi connectivity index (χ1n) is 6.84. The normalized spacial score (nSPS) is 10.4. The summed E-state index contributed by atoms with van der Waals surface area (Å²) in [6.07, 6.45) is 10.0. The van der Waals surface area contributed by atoms with Crippen molar-refractivity contribution in [2.45, 2.75) is 32.6 Å². The van der Waals surface area contributed by atoms with Gasteiger partial charge in [0.15, 0.2) is 5.82 Å². The summed E-state index contributed by atoms with van der Waals surface area (Å²) < 4.78 is 0. The fourth-order valence-electron chi connectivity index (χ4n) is 1.97. The number of allylic oxidation sites excluding steroid dienone is 1. The second-order valence-electron chi connectivity index (χ2n) is 4.65. The first-order chi connectivity index (χ1) is 9.33. The Kier molecular flexibility index (Phi) is 4.85. The molecule has 0 aliphatic heterocycles. The van der Waals surface area contributed by atoms with Crippen molar-refractivity contribution in [1.29, 1.82) is 0 Å². The van der Waals surface area contributed by atoms with E-state index >= 15 is 0 Å². The Bertz CT molecular complexity index is 512. The molecule has 2 aromatic rings. The lowest BCUT2D eigenvalue weighted by atomic mass is 10.1. The molecule has 0 N–H and O–H groups in total. The Morgan fingerprint density at radius 3 is 2.32 bits per heavy atom. The summed E-state index contributed by atoms with van der Waals surface area (Å²) in [6.45, 7) is 5.88. The van der Waals surface area contributed by atoms with Gasteiger partial charge in [0.1, 0.15) is 0 Å². The van der Waals surface area contributed by atoms with Gasteiger partial charge in [-0.15, -0.1) is 6.58 Å². The van der Waals surface area contributed by atoms with E-state index in [0.29, 0.717) is 0 Å². The van der Waals surface area contributed by atoms with Crippen LogP contribution in [0.4, 0.5) is 0 Å². The van der Waals surface area contributed by atoms with Gasteiger partial charge < -0.3 is 0 Å². The molecule has 0 amide bonds. The van der Waals surface area contributed by atoms with Crippen molar-refractivity contribution >= 4 is 0 Å². The minimum absolute atomic E-state index is 0.801. The van der Waals surface area contributed by atoms with Gasteiger partial charge in [0.05, 0.1) is 0 Å². The van der Waals surface area contributed by atoms with E-state index in [2.05, 4.69) is 47.7 Å². The standard InChI is InChI=1S/C17H20N2/c1-3-5-6-7-15-12-18-17(19-13-15)16-10-8-14(4-2)9-11-16/h3,8-13H,1,4-7H2,2H3. The molecule has 0 bridgehead atoms. The SMILES string of the molecule is C=CCCCc1cnc(-c2ccc(CC)cc2)nc1. The highest BCUT2D eigenvalue weighted by atomic mass is 14.9. The second kappa shape index (κ2) is 6.83. The molecule has 2 heteroatoms. The number of hydrogen-bond acceptors (Lipinski definition) is 2. The molecule has 19 heavy (non-hydrogen) atoms. The van der Waals surface area contributed by atoms with Crippen molar-refractivity contribution in [3.8, 4) is 11.4 Å². The highest BCUT2D eigenvalue weighted by Crippen LogP contribution is 2.16. The van der Waals surface area contributed by atoms with Crippen LogP contribution in [0.15, 0.2) is 49.3 Å². The Morgan fingerprint density at radius 1 is 1.05 bits per heavy atom. The molecular weight excluding hydrogens is 232 g/mol. The third-order valence-electron chi connectivity index (χ3n) is 3.20. The predicted octanol–water partition coefficient (Wildman–Crippen LogP) is 4.21. The first-order valence-corrected chi connectivity index (χ1v) is 6.84. The Labute approximate surface area is 115 Å². The largest absolute Gasteiger partial charge is 0.236 e. The van der Waals surface area contributed by atoms with E-state index in [1.807, 2.05) is 18.5 Å². The smallest absolute Gasteiger partial charge is 0.159 e. The van der Waals surface area contributed by atoms with Gasteiger partial charge in [-0.1, -0.05) is 37.3 Å². The van der Waals surface area contributed by atoms with Crippen molar-refractivity contribution < 1.29 is 0 Å². The average molecular weight is 252 g/mol. The molecule has 0 saturated heterocycles. The van der Waals surface area contributed by atoms with E-state index in [-0.39, 0.29) is 0 Å². The van der Waals surface area contributed by atoms with E-state index in [1.165, 1.54) is 11.1 Å². The van der Waals surface area contributed by atoms with E-state index < -0.39 is 0 Å². The molecule has 0 radical (unpaired) electrons. The molecule has 0 fully saturated rings. The molecule has 98 valence electrons. The monoisotopic (exact) mass is 252 g/mol. The van der Waals surface area contributed by atoms with E-state index in [0.717, 1.165) is 37.1 Å². The Hall–Kier alpha value is -1.96. The third kappa shape index (κ3) is 3.75. The number of aromatic nitrogens is 2. The molecule has 0 aliphatic rings. The number of aryl methyl sites for hydroxylation is 2. The van der Waals surface area contributed by atoms with Crippen LogP contribution in [0.2, 0.25) is 0 Å². The summed E-state index contributed by atoms with van der Waals surface area (Å²) in [4.78, 5) is 8.89. The van der Waals surface area contributed by atoms with Crippen LogP contribution in [0.25, 0.3) is 11.4 Å². The molecule has 0 aliphatic carbocycles. The molecule has 0 atom stereocenters. The number of rotatable bonds is 6. The maximum absolute atomic E-state index is 4.45. The molecule has 0 spiro atoms. The zero-order chi connectivity index (χ0) is 13.5. The summed E-state index contributed by atoms with van der Waals surface area (Å²) in [7, 11) is 0. The number of benzene rings is 1. The Balaban J connectivity index is 2.06. The maximum Gasteiger partial charge on any atom is 0.159 e. The highest BCUT2D eigenvalue weighted by molar-refractivity contribution is 5.55. The van der Waals surface area contributed by atoms with Crippen molar-refractivity contribution in [3.05, 3.63) is 60.4 Å². The van der Waals surface area contributed by atoms with Crippen molar-refractivity contribution in [3.63, 3.8) is 0 Å². The predicted molar refractivity (Wildman–Crippen MR) is 80.0 cm³/mol. The number of hydrogen-bond donors (Lipinski definition) is 0. The molecule has 2 rings (SSSR count). The maximum atomic E-state index is 4.45. The van der Waals surface area contributed by atoms with Gasteiger partial charge >= 0.3 is 0 Å². The summed E-state index contributed by atoms with van der Waals surface area (Å²) in [6, 6.07) is 8.45. The van der Waals surface area contributed by atoms with Crippen LogP contribution in [0.1, 0.15) is 30.9 Å². The molecule has 2 nitrogen and oxygen atoms in total. The van der Waals surface area contributed by atoms with Crippen LogP contribution < -0.4 is 0 Å². The van der Waals surface area contributed by atoms with Gasteiger partial charge in [-0.3, -0.25) is 0 Å². The first kappa shape index (κ1) is 13.5. The van der Waals surface area contributed by atoms with E-state index in [4.69, 9.17) is 0 Å². The summed E-state index contributed by atoms with van der Waals surface area (Å²) in [5.74, 6) is 0.801. The van der Waals surface area contributed by atoms with E-state index in [9.17, 15) is 0 Å². The van der Waals surface area contributed by atoms with Gasteiger partial charge in [-0.25, -0.2) is 9.97 Å². The van der Waals surface area contributed by atoms with Crippen LogP contribution in [-0.2, 0) is 12.8 Å². The lowest BCUT2D eigenvalue weighted by molar-refractivity contribution is 0.833. The zero-order valence-corrected chi connectivity index (χ0v) is 11.5. The quantitative estimate of drug-likeness (QED) is 0.568. The lowest BCUT2D eigenvalue weighted by Crippen LogP contribution is -1.93. The minimum Gasteiger partial charge on any atom is -0.236 e. The van der Waals surface area contributed by atoms with Crippen LogP contribution >= 0.6 is 0 Å². The third-order valence-corrected chi connectivity index (χ3v) is 3.20. The van der Waals surface area contributed by atoms with E-state index in [1.54, 1.807) is 0 Å². The average Bonchev–Trinajstić information content (AvgIpc) is 2.48. The number of nitrogens with zero attached hydrogens (tertiary/aromatic N) is 2. The van der Waals surface area contributed by atoms with Gasteiger partial charge in [0, 0.05) is 18.0 Å². The molecule has 0 saturated carbocycles. The van der Waals surface area contributed by atoms with Crippen molar-refractivity contribution in [2.24, 2.45) is 0 Å². The molecular formula is C17H20N2. The zero-order valence-electron chi connectivity index (χ0n) is 11.5. The van der Waals surface area contributed by atoms with Crippen molar-refractivity contribution in [1.82, 2.24) is 9.97 Å². The van der Waals surface area contributed by atoms with Gasteiger partial charge in [0.2, 0.25) is 0 Å². The second-order valence-corrected chi connectivity index (χ2v) is 4.65. The lowest BCUT2D eigenvalue weighted by Gasteiger charge is -2.03. The molecule has 1 aromatic carbocycles. The molecule has 0 unspecified atom stereocenters. The summed E-state index contributed by atoms with van der Waals surface area (Å²) >= 11 is 0.